The van der Waals surface area contributed by atoms with Gasteiger partial charge in [0.15, 0.2) is 0 Å². The Morgan fingerprint density at radius 1 is 1.33 bits per heavy atom. The fourth-order valence-electron chi connectivity index (χ4n) is 2.90. The van der Waals surface area contributed by atoms with Crippen LogP contribution < -0.4 is 5.73 Å². The minimum atomic E-state index is -4.24. The molecule has 118 valence electrons. The maximum atomic E-state index is 12.3. The first kappa shape index (κ1) is 16.6. The summed E-state index contributed by atoms with van der Waals surface area (Å²) in [6.07, 6.45) is 2.38. The number of benzene rings is 1. The molecular formula is C15H21F3N2S. The third-order valence-electron chi connectivity index (χ3n) is 3.85. The number of alkyl halides is 3. The predicted molar refractivity (Wildman–Crippen MR) is 80.1 cm³/mol. The zero-order valence-electron chi connectivity index (χ0n) is 12.1. The second kappa shape index (κ2) is 7.03. The van der Waals surface area contributed by atoms with Crippen LogP contribution in [-0.2, 0) is 0 Å². The van der Waals surface area contributed by atoms with Crippen LogP contribution in [0.3, 0.4) is 0 Å². The molecule has 1 aliphatic rings. The first-order valence-electron chi connectivity index (χ1n) is 7.19. The fourth-order valence-corrected chi connectivity index (χ4v) is 3.44. The quantitative estimate of drug-likeness (QED) is 0.850. The molecule has 0 aliphatic carbocycles. The number of hydrogen-bond donors (Lipinski definition) is 1. The minimum Gasteiger partial charge on any atom is -0.329 e. The molecule has 2 N–H and O–H groups in total. The molecule has 0 saturated carbocycles. The van der Waals surface area contributed by atoms with E-state index in [9.17, 15) is 13.2 Å². The molecular weight excluding hydrogens is 297 g/mol. The van der Waals surface area contributed by atoms with E-state index >= 15 is 0 Å². The average Bonchev–Trinajstić information content (AvgIpc) is 2.40. The molecule has 0 spiro atoms. The number of nitrogens with two attached hydrogens (primary N) is 1. The van der Waals surface area contributed by atoms with Gasteiger partial charge in [-0.05, 0) is 54.8 Å². The minimum absolute atomic E-state index is 0.0801. The number of hydrogen-bond acceptors (Lipinski definition) is 3. The highest BCUT2D eigenvalue weighted by Crippen LogP contribution is 2.37. The van der Waals surface area contributed by atoms with Gasteiger partial charge in [0.05, 0.1) is 0 Å². The van der Waals surface area contributed by atoms with Crippen molar-refractivity contribution in [2.75, 3.05) is 19.6 Å². The van der Waals surface area contributed by atoms with Crippen LogP contribution in [0, 0.1) is 5.92 Å². The Balaban J connectivity index is 2.08. The Morgan fingerprint density at radius 2 is 2.00 bits per heavy atom. The van der Waals surface area contributed by atoms with Crippen LogP contribution in [0.4, 0.5) is 13.2 Å². The summed E-state index contributed by atoms with van der Waals surface area (Å²) >= 11 is -0.0801. The highest BCUT2D eigenvalue weighted by Gasteiger charge is 2.29. The van der Waals surface area contributed by atoms with Crippen LogP contribution in [-0.4, -0.2) is 30.0 Å². The van der Waals surface area contributed by atoms with Crippen molar-refractivity contribution in [1.29, 1.82) is 0 Å². The Morgan fingerprint density at radius 3 is 2.52 bits per heavy atom. The first-order valence-corrected chi connectivity index (χ1v) is 8.00. The van der Waals surface area contributed by atoms with Crippen molar-refractivity contribution in [3.63, 3.8) is 0 Å². The van der Waals surface area contributed by atoms with Gasteiger partial charge in [-0.25, -0.2) is 0 Å². The summed E-state index contributed by atoms with van der Waals surface area (Å²) in [4.78, 5) is 2.56. The summed E-state index contributed by atoms with van der Waals surface area (Å²) in [6.45, 7) is 4.72. The van der Waals surface area contributed by atoms with Crippen molar-refractivity contribution in [2.24, 2.45) is 11.7 Å². The average molecular weight is 318 g/mol. The van der Waals surface area contributed by atoms with Gasteiger partial charge in [-0.1, -0.05) is 19.1 Å². The van der Waals surface area contributed by atoms with E-state index in [1.54, 1.807) is 12.1 Å². The van der Waals surface area contributed by atoms with E-state index < -0.39 is 5.51 Å². The largest absolute Gasteiger partial charge is 0.446 e. The van der Waals surface area contributed by atoms with Crippen LogP contribution in [0.15, 0.2) is 29.2 Å². The van der Waals surface area contributed by atoms with Crippen LogP contribution in [0.2, 0.25) is 0 Å². The third-order valence-corrected chi connectivity index (χ3v) is 4.59. The molecule has 0 radical (unpaired) electrons. The molecule has 2 unspecified atom stereocenters. The summed E-state index contributed by atoms with van der Waals surface area (Å²) < 4.78 is 37.0. The summed E-state index contributed by atoms with van der Waals surface area (Å²) in [7, 11) is 0. The van der Waals surface area contributed by atoms with E-state index in [1.165, 1.54) is 18.6 Å². The molecule has 6 heteroatoms. The number of piperidine rings is 1. The lowest BCUT2D eigenvalue weighted by molar-refractivity contribution is -0.0328. The lowest BCUT2D eigenvalue weighted by atomic mass is 9.96. The normalized spacial score (nSPS) is 22.2. The third kappa shape index (κ3) is 4.90. The summed E-state index contributed by atoms with van der Waals surface area (Å²) in [6, 6.07) is 6.70. The molecule has 1 aromatic carbocycles. The molecule has 0 aromatic heterocycles. The molecule has 2 nitrogen and oxygen atoms in total. The molecule has 21 heavy (non-hydrogen) atoms. The number of thioether (sulfide) groups is 1. The smallest absolute Gasteiger partial charge is 0.329 e. The van der Waals surface area contributed by atoms with Gasteiger partial charge in [0.2, 0.25) is 0 Å². The second-order valence-electron chi connectivity index (χ2n) is 5.61. The van der Waals surface area contributed by atoms with Crippen LogP contribution >= 0.6 is 11.8 Å². The zero-order chi connectivity index (χ0) is 15.5. The van der Waals surface area contributed by atoms with Gasteiger partial charge in [0, 0.05) is 24.0 Å². The van der Waals surface area contributed by atoms with E-state index in [4.69, 9.17) is 5.73 Å². The van der Waals surface area contributed by atoms with Crippen LogP contribution in [0.5, 0.6) is 0 Å². The maximum absolute atomic E-state index is 12.3. The lowest BCUT2D eigenvalue weighted by Gasteiger charge is -2.37. The van der Waals surface area contributed by atoms with Crippen LogP contribution in [0.1, 0.15) is 31.4 Å². The second-order valence-corrected chi connectivity index (χ2v) is 6.75. The van der Waals surface area contributed by atoms with Gasteiger partial charge in [-0.3, -0.25) is 4.90 Å². The van der Waals surface area contributed by atoms with Gasteiger partial charge in [-0.2, -0.15) is 13.2 Å². The summed E-state index contributed by atoms with van der Waals surface area (Å²) in [5, 5.41) is 0. The number of nitrogens with zero attached hydrogens (tertiary/aromatic N) is 1. The molecule has 2 atom stereocenters. The van der Waals surface area contributed by atoms with E-state index in [2.05, 4.69) is 11.8 Å². The number of likely N-dealkylation sites (tertiary alicyclic amines) is 1. The Hall–Kier alpha value is -0.720. The van der Waals surface area contributed by atoms with Crippen molar-refractivity contribution in [3.8, 4) is 0 Å². The van der Waals surface area contributed by atoms with Crippen molar-refractivity contribution in [2.45, 2.75) is 36.2 Å². The maximum Gasteiger partial charge on any atom is 0.446 e. The predicted octanol–water partition coefficient (Wildman–Crippen LogP) is 4.03. The van der Waals surface area contributed by atoms with E-state index in [0.29, 0.717) is 12.5 Å². The van der Waals surface area contributed by atoms with Crippen molar-refractivity contribution >= 4 is 11.8 Å². The monoisotopic (exact) mass is 318 g/mol. The van der Waals surface area contributed by atoms with E-state index in [1.807, 2.05) is 0 Å². The van der Waals surface area contributed by atoms with Gasteiger partial charge < -0.3 is 5.73 Å². The lowest BCUT2D eigenvalue weighted by Crippen LogP contribution is -2.40. The molecule has 0 bridgehead atoms. The van der Waals surface area contributed by atoms with E-state index in [0.717, 1.165) is 25.1 Å². The molecule has 1 saturated heterocycles. The molecule has 1 heterocycles. The zero-order valence-corrected chi connectivity index (χ0v) is 12.9. The Kier molecular flexibility index (Phi) is 5.57. The molecule has 1 aliphatic heterocycles. The van der Waals surface area contributed by atoms with Crippen molar-refractivity contribution in [3.05, 3.63) is 29.8 Å². The molecule has 1 aromatic rings. The molecule has 1 fully saturated rings. The van der Waals surface area contributed by atoms with Gasteiger partial charge in [0.25, 0.3) is 0 Å². The Bertz CT molecular complexity index is 447. The van der Waals surface area contributed by atoms with Crippen LogP contribution in [0.25, 0.3) is 0 Å². The molecule has 0 amide bonds. The summed E-state index contributed by atoms with van der Waals surface area (Å²) in [5.74, 6) is 0.646. The highest BCUT2D eigenvalue weighted by molar-refractivity contribution is 8.00. The Labute approximate surface area is 127 Å². The standard InChI is InChI=1S/C15H21F3N2S/c1-11-3-2-8-20(10-11)14(9-19)12-4-6-13(7-5-12)21-15(16,17)18/h4-7,11,14H,2-3,8-10,19H2,1H3. The molecule has 2 rings (SSSR count). The number of rotatable bonds is 4. The number of halogens is 3. The summed E-state index contributed by atoms with van der Waals surface area (Å²) in [5.41, 5.74) is 2.65. The van der Waals surface area contributed by atoms with Gasteiger partial charge in [-0.15, -0.1) is 0 Å². The van der Waals surface area contributed by atoms with Gasteiger partial charge >= 0.3 is 5.51 Å². The SMILES string of the molecule is CC1CCCN(C(CN)c2ccc(SC(F)(F)F)cc2)C1. The topological polar surface area (TPSA) is 29.3 Å². The first-order chi connectivity index (χ1) is 9.89. The van der Waals surface area contributed by atoms with Gasteiger partial charge in [0.1, 0.15) is 0 Å². The fraction of sp³-hybridized carbons (Fsp3) is 0.600. The van der Waals surface area contributed by atoms with Crippen molar-refractivity contribution < 1.29 is 13.2 Å². The van der Waals surface area contributed by atoms with Crippen molar-refractivity contribution in [1.82, 2.24) is 4.90 Å². The van der Waals surface area contributed by atoms with E-state index in [-0.39, 0.29) is 22.7 Å². The highest BCUT2D eigenvalue weighted by atomic mass is 32.2.